The number of halogens is 2. The Bertz CT molecular complexity index is 610. The van der Waals surface area contributed by atoms with Crippen molar-refractivity contribution in [3.63, 3.8) is 0 Å². The molecule has 0 spiro atoms. The monoisotopic (exact) mass is 291 g/mol. The Kier molecular flexibility index (Phi) is 4.79. The van der Waals surface area contributed by atoms with Gasteiger partial charge in [0.2, 0.25) is 0 Å². The van der Waals surface area contributed by atoms with Crippen LogP contribution in [0.25, 0.3) is 0 Å². The first-order valence-electron chi connectivity index (χ1n) is 6.71. The van der Waals surface area contributed by atoms with Crippen molar-refractivity contribution >= 4 is 11.6 Å². The molecule has 2 aromatic carbocycles. The van der Waals surface area contributed by atoms with Crippen LogP contribution in [-0.2, 0) is 12.8 Å². The fourth-order valence-corrected chi connectivity index (χ4v) is 2.59. The maximum absolute atomic E-state index is 13.0. The Morgan fingerprint density at radius 2 is 1.75 bits per heavy atom. The molecule has 1 unspecified atom stereocenters. The molecule has 0 heterocycles. The van der Waals surface area contributed by atoms with Crippen LogP contribution in [0.5, 0.6) is 0 Å². The van der Waals surface area contributed by atoms with E-state index in [-0.39, 0.29) is 11.9 Å². The van der Waals surface area contributed by atoms with Gasteiger partial charge >= 0.3 is 0 Å². The number of hydrogen-bond donors (Lipinski definition) is 1. The molecule has 1 atom stereocenters. The van der Waals surface area contributed by atoms with E-state index in [0.717, 1.165) is 12.0 Å². The summed E-state index contributed by atoms with van der Waals surface area (Å²) < 4.78 is 13.0. The van der Waals surface area contributed by atoms with Crippen molar-refractivity contribution in [3.8, 4) is 0 Å². The summed E-state index contributed by atoms with van der Waals surface area (Å²) in [6, 6.07) is 10.8. The van der Waals surface area contributed by atoms with Gasteiger partial charge in [-0.1, -0.05) is 41.4 Å². The lowest BCUT2D eigenvalue weighted by Crippen LogP contribution is -2.26. The number of benzene rings is 2. The van der Waals surface area contributed by atoms with Crippen LogP contribution in [0.1, 0.15) is 22.3 Å². The molecule has 0 aliphatic rings. The molecule has 0 bridgehead atoms. The summed E-state index contributed by atoms with van der Waals surface area (Å²) in [4.78, 5) is 0. The smallest absolute Gasteiger partial charge is 0.124 e. The molecule has 3 heteroatoms. The van der Waals surface area contributed by atoms with Crippen LogP contribution in [0.2, 0.25) is 5.02 Å². The van der Waals surface area contributed by atoms with Gasteiger partial charge in [0.15, 0.2) is 0 Å². The average molecular weight is 292 g/mol. The molecule has 0 aliphatic carbocycles. The summed E-state index contributed by atoms with van der Waals surface area (Å²) >= 11 is 6.04. The molecule has 20 heavy (non-hydrogen) atoms. The molecule has 2 N–H and O–H groups in total. The normalized spacial score (nSPS) is 12.4. The third-order valence-corrected chi connectivity index (χ3v) is 3.84. The van der Waals surface area contributed by atoms with Crippen molar-refractivity contribution in [2.75, 3.05) is 0 Å². The number of nitrogens with two attached hydrogens (primary N) is 1. The van der Waals surface area contributed by atoms with E-state index in [1.165, 1.54) is 28.8 Å². The Balaban J connectivity index is 2.08. The van der Waals surface area contributed by atoms with Gasteiger partial charge in [0, 0.05) is 11.1 Å². The van der Waals surface area contributed by atoms with Crippen molar-refractivity contribution in [3.05, 3.63) is 69.5 Å². The minimum absolute atomic E-state index is 0.0292. The van der Waals surface area contributed by atoms with E-state index in [0.29, 0.717) is 11.4 Å². The molecule has 0 aliphatic heterocycles. The van der Waals surface area contributed by atoms with Gasteiger partial charge in [-0.25, -0.2) is 4.39 Å². The van der Waals surface area contributed by atoms with Crippen LogP contribution in [0, 0.1) is 19.7 Å². The topological polar surface area (TPSA) is 26.0 Å². The molecule has 1 nitrogen and oxygen atoms in total. The molecule has 0 saturated carbocycles. The lowest BCUT2D eigenvalue weighted by Gasteiger charge is -2.15. The van der Waals surface area contributed by atoms with Crippen LogP contribution in [0.4, 0.5) is 4.39 Å². The number of hydrogen-bond acceptors (Lipinski definition) is 1. The van der Waals surface area contributed by atoms with Crippen molar-refractivity contribution in [1.82, 2.24) is 0 Å². The minimum Gasteiger partial charge on any atom is -0.327 e. The third kappa shape index (κ3) is 3.81. The summed E-state index contributed by atoms with van der Waals surface area (Å²) in [6.07, 6.45) is 1.44. The number of aryl methyl sites for hydroxylation is 2. The third-order valence-electron chi connectivity index (χ3n) is 3.48. The Morgan fingerprint density at radius 1 is 1.05 bits per heavy atom. The second kappa shape index (κ2) is 6.38. The van der Waals surface area contributed by atoms with Crippen molar-refractivity contribution in [1.29, 1.82) is 0 Å². The zero-order chi connectivity index (χ0) is 14.7. The fourth-order valence-electron chi connectivity index (χ4n) is 2.34. The van der Waals surface area contributed by atoms with Gasteiger partial charge in [-0.05, 0) is 55.5 Å². The van der Waals surface area contributed by atoms with Gasteiger partial charge in [0.05, 0.1) is 0 Å². The lowest BCUT2D eigenvalue weighted by molar-refractivity contribution is 0.623. The van der Waals surface area contributed by atoms with E-state index >= 15 is 0 Å². The number of rotatable bonds is 4. The standard InChI is InChI=1S/C17H19ClFN/c1-11-3-4-12(2)14(7-11)9-16(20)8-13-5-6-15(19)10-17(13)18/h3-7,10,16H,8-9,20H2,1-2H3. The highest BCUT2D eigenvalue weighted by molar-refractivity contribution is 6.31. The molecule has 0 radical (unpaired) electrons. The predicted octanol–water partition coefficient (Wildman–Crippen LogP) is 4.21. The molecule has 0 aromatic heterocycles. The molecule has 106 valence electrons. The van der Waals surface area contributed by atoms with Gasteiger partial charge in [-0.2, -0.15) is 0 Å². The summed E-state index contributed by atoms with van der Waals surface area (Å²) in [5.74, 6) is -0.318. The van der Waals surface area contributed by atoms with Gasteiger partial charge in [0.25, 0.3) is 0 Å². The highest BCUT2D eigenvalue weighted by Gasteiger charge is 2.10. The van der Waals surface area contributed by atoms with Crippen LogP contribution in [0.3, 0.4) is 0 Å². The van der Waals surface area contributed by atoms with E-state index in [1.54, 1.807) is 6.07 Å². The Morgan fingerprint density at radius 3 is 2.45 bits per heavy atom. The largest absolute Gasteiger partial charge is 0.327 e. The zero-order valence-electron chi connectivity index (χ0n) is 11.8. The minimum atomic E-state index is -0.318. The Labute approximate surface area is 124 Å². The van der Waals surface area contributed by atoms with E-state index in [9.17, 15) is 4.39 Å². The second-order valence-corrected chi connectivity index (χ2v) is 5.74. The highest BCUT2D eigenvalue weighted by Crippen LogP contribution is 2.20. The van der Waals surface area contributed by atoms with Crippen molar-refractivity contribution in [2.45, 2.75) is 32.7 Å². The van der Waals surface area contributed by atoms with Gasteiger partial charge < -0.3 is 5.73 Å². The average Bonchev–Trinajstić information content (AvgIpc) is 2.37. The summed E-state index contributed by atoms with van der Waals surface area (Å²) in [6.45, 7) is 4.16. The van der Waals surface area contributed by atoms with E-state index in [2.05, 4.69) is 32.0 Å². The van der Waals surface area contributed by atoms with E-state index in [4.69, 9.17) is 17.3 Å². The quantitative estimate of drug-likeness (QED) is 0.897. The molecular weight excluding hydrogens is 273 g/mol. The van der Waals surface area contributed by atoms with Gasteiger partial charge in [-0.3, -0.25) is 0 Å². The zero-order valence-corrected chi connectivity index (χ0v) is 12.5. The van der Waals surface area contributed by atoms with Crippen LogP contribution >= 0.6 is 11.6 Å². The molecule has 0 amide bonds. The van der Waals surface area contributed by atoms with Crippen LogP contribution in [-0.4, -0.2) is 6.04 Å². The van der Waals surface area contributed by atoms with Crippen LogP contribution < -0.4 is 5.73 Å². The maximum Gasteiger partial charge on any atom is 0.124 e. The Hall–Kier alpha value is -1.38. The molecular formula is C17H19ClFN. The first-order chi connectivity index (χ1) is 9.45. The highest BCUT2D eigenvalue weighted by atomic mass is 35.5. The summed E-state index contributed by atoms with van der Waals surface area (Å²) in [5.41, 5.74) is 10.8. The second-order valence-electron chi connectivity index (χ2n) is 5.33. The predicted molar refractivity (Wildman–Crippen MR) is 82.7 cm³/mol. The van der Waals surface area contributed by atoms with Crippen molar-refractivity contribution in [2.24, 2.45) is 5.73 Å². The van der Waals surface area contributed by atoms with Crippen molar-refractivity contribution < 1.29 is 4.39 Å². The SMILES string of the molecule is Cc1ccc(C)c(CC(N)Cc2ccc(F)cc2Cl)c1. The first kappa shape index (κ1) is 15.0. The molecule has 2 rings (SSSR count). The van der Waals surface area contributed by atoms with E-state index in [1.807, 2.05) is 0 Å². The first-order valence-corrected chi connectivity index (χ1v) is 7.09. The van der Waals surface area contributed by atoms with E-state index < -0.39 is 0 Å². The molecule has 0 saturated heterocycles. The molecule has 0 fully saturated rings. The fraction of sp³-hybridized carbons (Fsp3) is 0.294. The molecule has 2 aromatic rings. The van der Waals surface area contributed by atoms with Gasteiger partial charge in [0.1, 0.15) is 5.82 Å². The summed E-state index contributed by atoms with van der Waals surface area (Å²) in [5, 5.41) is 0.446. The van der Waals surface area contributed by atoms with Crippen LogP contribution in [0.15, 0.2) is 36.4 Å². The maximum atomic E-state index is 13.0. The lowest BCUT2D eigenvalue weighted by atomic mass is 9.96. The summed E-state index contributed by atoms with van der Waals surface area (Å²) in [7, 11) is 0. The van der Waals surface area contributed by atoms with Gasteiger partial charge in [-0.15, -0.1) is 0 Å².